The lowest BCUT2D eigenvalue weighted by atomic mass is 10.2. The third-order valence-electron chi connectivity index (χ3n) is 2.58. The number of nitrogens with one attached hydrogen (secondary N) is 1. The highest BCUT2D eigenvalue weighted by molar-refractivity contribution is 5.73. The molecule has 2 N–H and O–H groups in total. The molecule has 0 radical (unpaired) electrons. The number of rotatable bonds is 2. The molecule has 2 heterocycles. The Balaban J connectivity index is 1.92. The Labute approximate surface area is 108 Å². The number of anilines is 2. The van der Waals surface area contributed by atoms with Gasteiger partial charge in [0.2, 0.25) is 11.7 Å². The summed E-state index contributed by atoms with van der Waals surface area (Å²) in [6.45, 7) is 0. The summed E-state index contributed by atoms with van der Waals surface area (Å²) in [5, 5.41) is 22.1. The zero-order chi connectivity index (χ0) is 13.2. The van der Waals surface area contributed by atoms with Gasteiger partial charge >= 0.3 is 0 Å². The fourth-order valence-electron chi connectivity index (χ4n) is 1.65. The molecule has 6 heteroatoms. The molecule has 0 saturated heterocycles. The predicted molar refractivity (Wildman–Crippen MR) is 67.9 cm³/mol. The number of furan rings is 1. The standard InChI is InChI=1S/C13H8N4O2/c14-6-8-1-2-10(5-11(8)18)16-13-15-7-9-3-4-19-12(9)17-13/h1-5,7,18H,(H,15,16,17). The van der Waals surface area contributed by atoms with Gasteiger partial charge in [-0.05, 0) is 18.2 Å². The van der Waals surface area contributed by atoms with E-state index < -0.39 is 0 Å². The van der Waals surface area contributed by atoms with Gasteiger partial charge in [0.25, 0.3) is 0 Å². The van der Waals surface area contributed by atoms with Crippen LogP contribution in [0.3, 0.4) is 0 Å². The number of aromatic hydroxyl groups is 1. The van der Waals surface area contributed by atoms with Gasteiger partial charge in [-0.15, -0.1) is 0 Å². The van der Waals surface area contributed by atoms with Crippen molar-refractivity contribution in [1.82, 2.24) is 9.97 Å². The molecule has 2 aromatic heterocycles. The lowest BCUT2D eigenvalue weighted by Gasteiger charge is -2.05. The number of nitrogens with zero attached hydrogens (tertiary/aromatic N) is 3. The SMILES string of the molecule is N#Cc1ccc(Nc2ncc3ccoc3n2)cc1O. The number of aromatic nitrogens is 2. The average Bonchev–Trinajstić information content (AvgIpc) is 2.86. The first-order chi connectivity index (χ1) is 9.26. The normalized spacial score (nSPS) is 10.3. The minimum Gasteiger partial charge on any atom is -0.506 e. The van der Waals surface area contributed by atoms with E-state index in [4.69, 9.17) is 9.68 Å². The van der Waals surface area contributed by atoms with E-state index in [1.165, 1.54) is 18.4 Å². The average molecular weight is 252 g/mol. The van der Waals surface area contributed by atoms with Gasteiger partial charge in [0.15, 0.2) is 0 Å². The maximum atomic E-state index is 9.59. The van der Waals surface area contributed by atoms with Crippen molar-refractivity contribution in [3.05, 3.63) is 42.3 Å². The summed E-state index contributed by atoms with van der Waals surface area (Å²) < 4.78 is 5.17. The molecule has 19 heavy (non-hydrogen) atoms. The first-order valence-electron chi connectivity index (χ1n) is 5.46. The molecule has 0 aliphatic heterocycles. The van der Waals surface area contributed by atoms with Crippen molar-refractivity contribution in [3.63, 3.8) is 0 Å². The molecule has 0 atom stereocenters. The number of phenolic OH excluding ortho intramolecular Hbond substituents is 1. The number of fused-ring (bicyclic) bond motifs is 1. The van der Waals surface area contributed by atoms with Crippen LogP contribution in [0.4, 0.5) is 11.6 Å². The van der Waals surface area contributed by atoms with Crippen LogP contribution in [0, 0.1) is 11.3 Å². The number of phenols is 1. The van der Waals surface area contributed by atoms with E-state index in [1.807, 2.05) is 6.07 Å². The Morgan fingerprint density at radius 1 is 1.32 bits per heavy atom. The molecule has 0 fully saturated rings. The second-order valence-electron chi connectivity index (χ2n) is 3.84. The highest BCUT2D eigenvalue weighted by Crippen LogP contribution is 2.23. The lowest BCUT2D eigenvalue weighted by Crippen LogP contribution is -1.96. The Morgan fingerprint density at radius 3 is 3.00 bits per heavy atom. The first kappa shape index (κ1) is 11.0. The molecular formula is C13H8N4O2. The second-order valence-corrected chi connectivity index (χ2v) is 3.84. The summed E-state index contributed by atoms with van der Waals surface area (Å²) in [7, 11) is 0. The van der Waals surface area contributed by atoms with Crippen LogP contribution in [0.1, 0.15) is 5.56 Å². The van der Waals surface area contributed by atoms with Gasteiger partial charge in [-0.1, -0.05) is 0 Å². The Kier molecular flexibility index (Phi) is 2.50. The molecule has 0 spiro atoms. The van der Waals surface area contributed by atoms with Crippen molar-refractivity contribution >= 4 is 22.7 Å². The predicted octanol–water partition coefficient (Wildman–Crippen LogP) is 2.54. The third kappa shape index (κ3) is 2.05. The molecule has 3 aromatic rings. The monoisotopic (exact) mass is 252 g/mol. The maximum absolute atomic E-state index is 9.59. The molecule has 0 aliphatic rings. The topological polar surface area (TPSA) is 95.0 Å². The minimum absolute atomic E-state index is 0.0911. The van der Waals surface area contributed by atoms with Gasteiger partial charge < -0.3 is 14.8 Å². The van der Waals surface area contributed by atoms with Crippen molar-refractivity contribution in [3.8, 4) is 11.8 Å². The van der Waals surface area contributed by atoms with Crippen molar-refractivity contribution in [2.45, 2.75) is 0 Å². The van der Waals surface area contributed by atoms with Crippen LogP contribution < -0.4 is 5.32 Å². The highest BCUT2D eigenvalue weighted by atomic mass is 16.3. The molecular weight excluding hydrogens is 244 g/mol. The van der Waals surface area contributed by atoms with Crippen LogP contribution in [0.15, 0.2) is 41.1 Å². The van der Waals surface area contributed by atoms with Crippen molar-refractivity contribution < 1.29 is 9.52 Å². The van der Waals surface area contributed by atoms with Gasteiger partial charge in [0.05, 0.1) is 17.2 Å². The summed E-state index contributed by atoms with van der Waals surface area (Å²) in [5.41, 5.74) is 1.28. The van der Waals surface area contributed by atoms with Gasteiger partial charge in [-0.3, -0.25) is 0 Å². The molecule has 0 saturated carbocycles. The highest BCUT2D eigenvalue weighted by Gasteiger charge is 2.05. The minimum atomic E-state index is -0.0911. The smallest absolute Gasteiger partial charge is 0.230 e. The lowest BCUT2D eigenvalue weighted by molar-refractivity contribution is 0.474. The molecule has 0 unspecified atom stereocenters. The van der Waals surface area contributed by atoms with Crippen LogP contribution in [0.25, 0.3) is 11.1 Å². The number of hydrogen-bond donors (Lipinski definition) is 2. The summed E-state index contributed by atoms with van der Waals surface area (Å²) in [4.78, 5) is 8.29. The van der Waals surface area contributed by atoms with E-state index >= 15 is 0 Å². The van der Waals surface area contributed by atoms with Crippen LogP contribution >= 0.6 is 0 Å². The molecule has 0 aliphatic carbocycles. The molecule has 92 valence electrons. The van der Waals surface area contributed by atoms with E-state index in [-0.39, 0.29) is 11.3 Å². The zero-order valence-electron chi connectivity index (χ0n) is 9.66. The summed E-state index contributed by atoms with van der Waals surface area (Å²) in [6.07, 6.45) is 3.17. The quantitative estimate of drug-likeness (QED) is 0.727. The summed E-state index contributed by atoms with van der Waals surface area (Å²) >= 11 is 0. The fraction of sp³-hybridized carbons (Fsp3) is 0. The molecule has 1 aromatic carbocycles. The molecule has 0 bridgehead atoms. The van der Waals surface area contributed by atoms with Gasteiger partial charge in [0.1, 0.15) is 11.8 Å². The molecule has 0 amide bonds. The fourth-order valence-corrected chi connectivity index (χ4v) is 1.65. The summed E-state index contributed by atoms with van der Waals surface area (Å²) in [5.74, 6) is 0.262. The van der Waals surface area contributed by atoms with Gasteiger partial charge in [-0.2, -0.15) is 10.2 Å². The van der Waals surface area contributed by atoms with E-state index in [0.717, 1.165) is 5.39 Å². The van der Waals surface area contributed by atoms with Crippen molar-refractivity contribution in [1.29, 1.82) is 5.26 Å². The first-order valence-corrected chi connectivity index (χ1v) is 5.46. The number of nitriles is 1. The van der Waals surface area contributed by atoms with E-state index in [9.17, 15) is 5.11 Å². The maximum Gasteiger partial charge on any atom is 0.230 e. The van der Waals surface area contributed by atoms with Crippen molar-refractivity contribution in [2.24, 2.45) is 0 Å². The van der Waals surface area contributed by atoms with E-state index in [1.54, 1.807) is 18.3 Å². The van der Waals surface area contributed by atoms with Crippen LogP contribution in [-0.2, 0) is 0 Å². The van der Waals surface area contributed by atoms with Crippen LogP contribution in [-0.4, -0.2) is 15.1 Å². The van der Waals surface area contributed by atoms with Crippen molar-refractivity contribution in [2.75, 3.05) is 5.32 Å². The van der Waals surface area contributed by atoms with Crippen LogP contribution in [0.2, 0.25) is 0 Å². The Bertz CT molecular complexity index is 789. The second kappa shape index (κ2) is 4.31. The Hall–Kier alpha value is -3.07. The van der Waals surface area contributed by atoms with Gasteiger partial charge in [-0.25, -0.2) is 4.98 Å². The third-order valence-corrected chi connectivity index (χ3v) is 2.58. The molecule has 3 rings (SSSR count). The Morgan fingerprint density at radius 2 is 2.21 bits per heavy atom. The van der Waals surface area contributed by atoms with Gasteiger partial charge in [0, 0.05) is 18.0 Å². The zero-order valence-corrected chi connectivity index (χ0v) is 9.66. The van der Waals surface area contributed by atoms with E-state index in [2.05, 4.69) is 15.3 Å². The summed E-state index contributed by atoms with van der Waals surface area (Å²) in [6, 6.07) is 8.27. The largest absolute Gasteiger partial charge is 0.506 e. The van der Waals surface area contributed by atoms with Crippen LogP contribution in [0.5, 0.6) is 5.75 Å². The van der Waals surface area contributed by atoms with E-state index in [0.29, 0.717) is 17.3 Å². The number of benzene rings is 1. The molecule has 6 nitrogen and oxygen atoms in total. The number of hydrogen-bond acceptors (Lipinski definition) is 6.